The van der Waals surface area contributed by atoms with Gasteiger partial charge in [-0.05, 0) is 19.3 Å². The van der Waals surface area contributed by atoms with E-state index >= 15 is 0 Å². The Kier molecular flexibility index (Phi) is 7.99. The van der Waals surface area contributed by atoms with E-state index < -0.39 is 11.4 Å². The number of carbonyl (C=O) groups is 3. The Morgan fingerprint density at radius 2 is 1.52 bits per heavy atom. The summed E-state index contributed by atoms with van der Waals surface area (Å²) in [6.45, 7) is 5.94. The molecule has 6 heteroatoms. The summed E-state index contributed by atoms with van der Waals surface area (Å²) in [5.74, 6) is -1.37. The highest BCUT2D eigenvalue weighted by Gasteiger charge is 2.38. The van der Waals surface area contributed by atoms with Crippen LogP contribution in [0.5, 0.6) is 0 Å². The number of carboxylic acid groups (broad SMARTS) is 1. The topological polar surface area (TPSA) is 77.9 Å². The van der Waals surface area contributed by atoms with Crippen molar-refractivity contribution in [3.8, 4) is 0 Å². The van der Waals surface area contributed by atoms with Crippen LogP contribution in [0.4, 0.5) is 0 Å². The Bertz CT molecular complexity index is 376. The molecule has 0 saturated carbocycles. The standard InChI is InChI=1S/C15H28N2O4/c1-6-9-17(11-13(19)16(4)5)12(18)10-15(7-2,8-3)14(20)21/h6-11H2,1-5H3,(H,20,21). The molecule has 0 spiro atoms. The van der Waals surface area contributed by atoms with Crippen molar-refractivity contribution < 1.29 is 19.5 Å². The van der Waals surface area contributed by atoms with Crippen LogP contribution in [0.1, 0.15) is 46.5 Å². The molecule has 0 aliphatic carbocycles. The molecular weight excluding hydrogens is 272 g/mol. The van der Waals surface area contributed by atoms with E-state index in [-0.39, 0.29) is 24.8 Å². The van der Waals surface area contributed by atoms with E-state index in [1.807, 2.05) is 6.92 Å². The number of hydrogen-bond acceptors (Lipinski definition) is 3. The molecule has 0 radical (unpaired) electrons. The minimum absolute atomic E-state index is 0.00278. The van der Waals surface area contributed by atoms with Gasteiger partial charge in [-0.2, -0.15) is 0 Å². The fourth-order valence-electron chi connectivity index (χ4n) is 2.15. The summed E-state index contributed by atoms with van der Waals surface area (Å²) >= 11 is 0. The van der Waals surface area contributed by atoms with Gasteiger partial charge in [0.05, 0.1) is 12.0 Å². The molecule has 0 aromatic carbocycles. The molecule has 0 atom stereocenters. The van der Waals surface area contributed by atoms with E-state index in [1.54, 1.807) is 27.9 Å². The highest BCUT2D eigenvalue weighted by Crippen LogP contribution is 2.31. The van der Waals surface area contributed by atoms with E-state index in [0.29, 0.717) is 19.4 Å². The molecule has 0 saturated heterocycles. The van der Waals surface area contributed by atoms with Gasteiger partial charge in [0.2, 0.25) is 11.8 Å². The van der Waals surface area contributed by atoms with Crippen molar-refractivity contribution in [2.24, 2.45) is 5.41 Å². The van der Waals surface area contributed by atoms with E-state index in [9.17, 15) is 19.5 Å². The quantitative estimate of drug-likeness (QED) is 0.701. The zero-order chi connectivity index (χ0) is 16.6. The van der Waals surface area contributed by atoms with Crippen LogP contribution in [-0.2, 0) is 14.4 Å². The highest BCUT2D eigenvalue weighted by molar-refractivity contribution is 5.88. The average molecular weight is 300 g/mol. The third-order valence-corrected chi connectivity index (χ3v) is 3.97. The maximum Gasteiger partial charge on any atom is 0.310 e. The molecule has 0 aromatic heterocycles. The Balaban J connectivity index is 5.04. The molecule has 0 fully saturated rings. The van der Waals surface area contributed by atoms with Crippen molar-refractivity contribution in [3.05, 3.63) is 0 Å². The second-order valence-corrected chi connectivity index (χ2v) is 5.57. The molecule has 0 aromatic rings. The van der Waals surface area contributed by atoms with Crippen molar-refractivity contribution in [2.45, 2.75) is 46.5 Å². The van der Waals surface area contributed by atoms with Gasteiger partial charge in [0, 0.05) is 27.1 Å². The summed E-state index contributed by atoms with van der Waals surface area (Å²) in [6.07, 6.45) is 1.46. The van der Waals surface area contributed by atoms with Crippen molar-refractivity contribution in [3.63, 3.8) is 0 Å². The molecule has 122 valence electrons. The Labute approximate surface area is 127 Å². The third kappa shape index (κ3) is 5.36. The summed E-state index contributed by atoms with van der Waals surface area (Å²) in [5.41, 5.74) is -1.04. The molecule has 2 amide bonds. The van der Waals surface area contributed by atoms with Gasteiger partial charge < -0.3 is 14.9 Å². The van der Waals surface area contributed by atoms with Gasteiger partial charge in [-0.1, -0.05) is 20.8 Å². The van der Waals surface area contributed by atoms with Crippen LogP contribution >= 0.6 is 0 Å². The maximum atomic E-state index is 12.4. The first-order chi connectivity index (χ1) is 9.73. The second-order valence-electron chi connectivity index (χ2n) is 5.57. The normalized spacial score (nSPS) is 11.1. The number of nitrogens with zero attached hydrogens (tertiary/aromatic N) is 2. The van der Waals surface area contributed by atoms with Crippen molar-refractivity contribution >= 4 is 17.8 Å². The van der Waals surface area contributed by atoms with Crippen LogP contribution in [0.3, 0.4) is 0 Å². The molecule has 0 rings (SSSR count). The molecule has 0 bridgehead atoms. The SMILES string of the molecule is CCCN(CC(=O)N(C)C)C(=O)CC(CC)(CC)C(=O)O. The first kappa shape index (κ1) is 19.4. The number of hydrogen-bond donors (Lipinski definition) is 1. The number of carbonyl (C=O) groups excluding carboxylic acids is 2. The van der Waals surface area contributed by atoms with Gasteiger partial charge in [0.15, 0.2) is 0 Å². The van der Waals surface area contributed by atoms with Crippen molar-refractivity contribution in [1.82, 2.24) is 9.80 Å². The smallest absolute Gasteiger partial charge is 0.310 e. The van der Waals surface area contributed by atoms with Gasteiger partial charge in [0.1, 0.15) is 0 Å². The Hall–Kier alpha value is -1.59. The molecule has 6 nitrogen and oxygen atoms in total. The molecule has 1 N–H and O–H groups in total. The summed E-state index contributed by atoms with van der Waals surface area (Å²) in [4.78, 5) is 38.6. The molecule has 0 aliphatic heterocycles. The third-order valence-electron chi connectivity index (χ3n) is 3.97. The minimum Gasteiger partial charge on any atom is -0.481 e. The van der Waals surface area contributed by atoms with Gasteiger partial charge in [-0.15, -0.1) is 0 Å². The van der Waals surface area contributed by atoms with Crippen molar-refractivity contribution in [2.75, 3.05) is 27.2 Å². The second kappa shape index (κ2) is 8.64. The first-order valence-corrected chi connectivity index (χ1v) is 7.45. The van der Waals surface area contributed by atoms with Crippen LogP contribution in [0.15, 0.2) is 0 Å². The highest BCUT2D eigenvalue weighted by atomic mass is 16.4. The fraction of sp³-hybridized carbons (Fsp3) is 0.800. The van der Waals surface area contributed by atoms with Gasteiger partial charge in [-0.25, -0.2) is 0 Å². The van der Waals surface area contributed by atoms with E-state index in [4.69, 9.17) is 0 Å². The van der Waals surface area contributed by atoms with Crippen LogP contribution in [-0.4, -0.2) is 59.9 Å². The lowest BCUT2D eigenvalue weighted by atomic mass is 9.79. The molecular formula is C15H28N2O4. The number of amides is 2. The molecule has 0 unspecified atom stereocenters. The predicted molar refractivity (Wildman–Crippen MR) is 80.8 cm³/mol. The first-order valence-electron chi connectivity index (χ1n) is 7.45. The summed E-state index contributed by atoms with van der Waals surface area (Å²) in [5, 5.41) is 9.41. The Morgan fingerprint density at radius 1 is 1.00 bits per heavy atom. The summed E-state index contributed by atoms with van der Waals surface area (Å²) in [7, 11) is 3.27. The van der Waals surface area contributed by atoms with Crippen LogP contribution in [0.2, 0.25) is 0 Å². The average Bonchev–Trinajstić information content (AvgIpc) is 2.43. The number of aliphatic carboxylic acids is 1. The van der Waals surface area contributed by atoms with Crippen LogP contribution in [0.25, 0.3) is 0 Å². The minimum atomic E-state index is -1.04. The molecule has 21 heavy (non-hydrogen) atoms. The Morgan fingerprint density at radius 3 is 1.86 bits per heavy atom. The lowest BCUT2D eigenvalue weighted by Crippen LogP contribution is -2.44. The van der Waals surface area contributed by atoms with Crippen LogP contribution < -0.4 is 0 Å². The lowest BCUT2D eigenvalue weighted by molar-refractivity contribution is -0.154. The van der Waals surface area contributed by atoms with Gasteiger partial charge >= 0.3 is 5.97 Å². The largest absolute Gasteiger partial charge is 0.481 e. The van der Waals surface area contributed by atoms with E-state index in [0.717, 1.165) is 6.42 Å². The van der Waals surface area contributed by atoms with Gasteiger partial charge in [-0.3, -0.25) is 14.4 Å². The number of rotatable bonds is 9. The lowest BCUT2D eigenvalue weighted by Gasteiger charge is -2.30. The number of carboxylic acids is 1. The van der Waals surface area contributed by atoms with Gasteiger partial charge in [0.25, 0.3) is 0 Å². The summed E-state index contributed by atoms with van der Waals surface area (Å²) in [6, 6.07) is 0. The molecule has 0 heterocycles. The van der Waals surface area contributed by atoms with E-state index in [2.05, 4.69) is 0 Å². The fourth-order valence-corrected chi connectivity index (χ4v) is 2.15. The number of likely N-dealkylation sites (N-methyl/N-ethyl adjacent to an activating group) is 1. The van der Waals surface area contributed by atoms with E-state index in [1.165, 1.54) is 9.80 Å². The van der Waals surface area contributed by atoms with Crippen LogP contribution in [0, 0.1) is 5.41 Å². The maximum absolute atomic E-state index is 12.4. The summed E-state index contributed by atoms with van der Waals surface area (Å²) < 4.78 is 0. The monoisotopic (exact) mass is 300 g/mol. The van der Waals surface area contributed by atoms with Crippen molar-refractivity contribution in [1.29, 1.82) is 0 Å². The predicted octanol–water partition coefficient (Wildman–Crippen LogP) is 1.59. The zero-order valence-electron chi connectivity index (χ0n) is 13.8. The molecule has 0 aliphatic rings. The zero-order valence-corrected chi connectivity index (χ0v) is 13.8.